The quantitative estimate of drug-likeness (QED) is 0.747. The minimum absolute atomic E-state index is 0.0730. The van der Waals surface area contributed by atoms with E-state index < -0.39 is 17.8 Å². The molecule has 1 amide bonds. The van der Waals surface area contributed by atoms with Crippen molar-refractivity contribution >= 4 is 11.9 Å². The third kappa shape index (κ3) is 3.45. The van der Waals surface area contributed by atoms with Crippen molar-refractivity contribution < 1.29 is 19.8 Å². The van der Waals surface area contributed by atoms with E-state index in [9.17, 15) is 9.59 Å². The van der Waals surface area contributed by atoms with Crippen LogP contribution < -0.4 is 0 Å². The van der Waals surface area contributed by atoms with Gasteiger partial charge >= 0.3 is 5.97 Å². The second kappa shape index (κ2) is 6.73. The van der Waals surface area contributed by atoms with Crippen molar-refractivity contribution in [1.29, 1.82) is 0 Å². The van der Waals surface area contributed by atoms with E-state index in [0.29, 0.717) is 6.54 Å². The van der Waals surface area contributed by atoms with Crippen molar-refractivity contribution in [3.63, 3.8) is 0 Å². The average Bonchev–Trinajstić information content (AvgIpc) is 2.86. The van der Waals surface area contributed by atoms with Gasteiger partial charge in [0.15, 0.2) is 0 Å². The van der Waals surface area contributed by atoms with E-state index in [1.54, 1.807) is 18.7 Å². The first kappa shape index (κ1) is 15.0. The maximum absolute atomic E-state index is 12.3. The van der Waals surface area contributed by atoms with Crippen molar-refractivity contribution in [3.8, 4) is 0 Å². The van der Waals surface area contributed by atoms with Crippen LogP contribution in [0.3, 0.4) is 0 Å². The normalized spacial score (nSPS) is 19.5. The van der Waals surface area contributed by atoms with E-state index in [1.165, 1.54) is 0 Å². The molecule has 1 aliphatic rings. The van der Waals surface area contributed by atoms with Crippen LogP contribution in [0.25, 0.3) is 0 Å². The highest BCUT2D eigenvalue weighted by atomic mass is 16.4. The zero-order valence-electron chi connectivity index (χ0n) is 11.1. The molecule has 1 rings (SSSR count). The number of hydrogen-bond donors (Lipinski definition) is 2. The molecule has 0 aromatic carbocycles. The van der Waals surface area contributed by atoms with Crippen LogP contribution in [0.5, 0.6) is 0 Å². The van der Waals surface area contributed by atoms with Crippen molar-refractivity contribution in [1.82, 2.24) is 4.90 Å². The number of carboxylic acid groups (broad SMARTS) is 1. The molecule has 1 aliphatic carbocycles. The van der Waals surface area contributed by atoms with Crippen LogP contribution in [0.15, 0.2) is 0 Å². The summed E-state index contributed by atoms with van der Waals surface area (Å²) < 4.78 is 0. The Bertz CT molecular complexity index is 299. The monoisotopic (exact) mass is 257 g/mol. The Morgan fingerprint density at radius 3 is 2.22 bits per heavy atom. The standard InChI is InChI=1S/C13H23NO4/c1-9(10(2)13(17)18)12(16)14(7-8-15)11-5-3-4-6-11/h9-11,15H,3-8H2,1-2H3,(H,17,18). The Labute approximate surface area is 108 Å². The van der Waals surface area contributed by atoms with Crippen LogP contribution in [0.4, 0.5) is 0 Å². The number of nitrogens with zero attached hydrogens (tertiary/aromatic N) is 1. The first-order chi connectivity index (χ1) is 8.49. The van der Waals surface area contributed by atoms with E-state index >= 15 is 0 Å². The Morgan fingerprint density at radius 1 is 1.22 bits per heavy atom. The average molecular weight is 257 g/mol. The summed E-state index contributed by atoms with van der Waals surface area (Å²) >= 11 is 0. The smallest absolute Gasteiger partial charge is 0.307 e. The van der Waals surface area contributed by atoms with Crippen LogP contribution >= 0.6 is 0 Å². The van der Waals surface area contributed by atoms with Crippen molar-refractivity contribution in [2.75, 3.05) is 13.2 Å². The Morgan fingerprint density at radius 2 is 1.78 bits per heavy atom. The van der Waals surface area contributed by atoms with E-state index in [2.05, 4.69) is 0 Å². The minimum Gasteiger partial charge on any atom is -0.481 e. The van der Waals surface area contributed by atoms with E-state index in [4.69, 9.17) is 10.2 Å². The number of hydrogen-bond acceptors (Lipinski definition) is 3. The van der Waals surface area contributed by atoms with Gasteiger partial charge in [-0.1, -0.05) is 26.7 Å². The van der Waals surface area contributed by atoms with E-state index in [-0.39, 0.29) is 18.6 Å². The summed E-state index contributed by atoms with van der Waals surface area (Å²) in [6, 6.07) is 0.174. The van der Waals surface area contributed by atoms with Gasteiger partial charge in [0, 0.05) is 18.5 Å². The number of carbonyl (C=O) groups excluding carboxylic acids is 1. The molecule has 104 valence electrons. The summed E-state index contributed by atoms with van der Waals surface area (Å²) in [5, 5.41) is 18.0. The van der Waals surface area contributed by atoms with E-state index in [0.717, 1.165) is 25.7 Å². The van der Waals surface area contributed by atoms with Crippen molar-refractivity contribution in [3.05, 3.63) is 0 Å². The maximum atomic E-state index is 12.3. The van der Waals surface area contributed by atoms with Crippen LogP contribution in [-0.2, 0) is 9.59 Å². The molecule has 0 radical (unpaired) electrons. The van der Waals surface area contributed by atoms with Gasteiger partial charge in [-0.3, -0.25) is 9.59 Å². The van der Waals surface area contributed by atoms with Crippen LogP contribution in [0.2, 0.25) is 0 Å². The molecule has 0 aromatic rings. The third-order valence-electron chi connectivity index (χ3n) is 3.92. The highest BCUT2D eigenvalue weighted by Gasteiger charge is 2.33. The molecule has 0 spiro atoms. The first-order valence-corrected chi connectivity index (χ1v) is 6.63. The number of carboxylic acids is 1. The number of aliphatic hydroxyl groups is 1. The fraction of sp³-hybridized carbons (Fsp3) is 0.846. The van der Waals surface area contributed by atoms with E-state index in [1.807, 2.05) is 0 Å². The Kier molecular flexibility index (Phi) is 5.59. The molecule has 2 unspecified atom stereocenters. The molecule has 0 aliphatic heterocycles. The molecule has 5 nitrogen and oxygen atoms in total. The summed E-state index contributed by atoms with van der Waals surface area (Å²) in [5.41, 5.74) is 0. The van der Waals surface area contributed by atoms with Gasteiger partial charge in [0.2, 0.25) is 5.91 Å². The molecule has 2 N–H and O–H groups in total. The summed E-state index contributed by atoms with van der Waals surface area (Å²) in [5.74, 6) is -2.34. The predicted octanol–water partition coefficient (Wildman–Crippen LogP) is 1.11. The molecule has 1 fully saturated rings. The summed E-state index contributed by atoms with van der Waals surface area (Å²) in [6.45, 7) is 3.44. The number of aliphatic hydroxyl groups excluding tert-OH is 1. The third-order valence-corrected chi connectivity index (χ3v) is 3.92. The number of aliphatic carboxylic acids is 1. The zero-order valence-corrected chi connectivity index (χ0v) is 11.1. The van der Waals surface area contributed by atoms with Gasteiger partial charge in [-0.05, 0) is 12.8 Å². The zero-order chi connectivity index (χ0) is 13.7. The fourth-order valence-electron chi connectivity index (χ4n) is 2.49. The lowest BCUT2D eigenvalue weighted by atomic mass is 9.94. The second-order valence-electron chi connectivity index (χ2n) is 5.11. The molecule has 0 aromatic heterocycles. The molecule has 2 atom stereocenters. The number of carbonyl (C=O) groups is 2. The second-order valence-corrected chi connectivity index (χ2v) is 5.11. The molecule has 1 saturated carbocycles. The van der Waals surface area contributed by atoms with Gasteiger partial charge < -0.3 is 15.1 Å². The Balaban J connectivity index is 2.72. The van der Waals surface area contributed by atoms with Crippen LogP contribution in [0, 0.1) is 11.8 Å². The lowest BCUT2D eigenvalue weighted by molar-refractivity contribution is -0.150. The van der Waals surface area contributed by atoms with Gasteiger partial charge in [-0.2, -0.15) is 0 Å². The van der Waals surface area contributed by atoms with Crippen LogP contribution in [0.1, 0.15) is 39.5 Å². The minimum atomic E-state index is -0.953. The topological polar surface area (TPSA) is 77.8 Å². The number of amides is 1. The summed E-state index contributed by atoms with van der Waals surface area (Å²) in [7, 11) is 0. The molecule has 18 heavy (non-hydrogen) atoms. The fourth-order valence-corrected chi connectivity index (χ4v) is 2.49. The molecule has 5 heteroatoms. The highest BCUT2D eigenvalue weighted by molar-refractivity contribution is 5.84. The molecule has 0 saturated heterocycles. The first-order valence-electron chi connectivity index (χ1n) is 6.63. The molecular formula is C13H23NO4. The van der Waals surface area contributed by atoms with Crippen LogP contribution in [-0.4, -0.2) is 46.2 Å². The largest absolute Gasteiger partial charge is 0.481 e. The highest BCUT2D eigenvalue weighted by Crippen LogP contribution is 2.26. The molecule has 0 bridgehead atoms. The van der Waals surface area contributed by atoms with Gasteiger partial charge in [0.1, 0.15) is 0 Å². The lowest BCUT2D eigenvalue weighted by Gasteiger charge is -2.31. The Hall–Kier alpha value is -1.10. The molecular weight excluding hydrogens is 234 g/mol. The van der Waals surface area contributed by atoms with Crippen molar-refractivity contribution in [2.45, 2.75) is 45.6 Å². The summed E-state index contributed by atoms with van der Waals surface area (Å²) in [6.07, 6.45) is 4.12. The maximum Gasteiger partial charge on any atom is 0.307 e. The van der Waals surface area contributed by atoms with Gasteiger partial charge in [-0.25, -0.2) is 0 Å². The number of rotatable bonds is 6. The SMILES string of the molecule is CC(C(=O)O)C(C)C(=O)N(CCO)C1CCCC1. The molecule has 0 heterocycles. The summed E-state index contributed by atoms with van der Waals surface area (Å²) in [4.78, 5) is 24.9. The lowest BCUT2D eigenvalue weighted by Crippen LogP contribution is -2.45. The van der Waals surface area contributed by atoms with Gasteiger partial charge in [-0.15, -0.1) is 0 Å². The van der Waals surface area contributed by atoms with Gasteiger partial charge in [0.25, 0.3) is 0 Å². The van der Waals surface area contributed by atoms with Gasteiger partial charge in [0.05, 0.1) is 12.5 Å². The van der Waals surface area contributed by atoms with Crippen molar-refractivity contribution in [2.24, 2.45) is 11.8 Å². The predicted molar refractivity (Wildman–Crippen MR) is 67.0 cm³/mol.